The normalized spacial score (nSPS) is 11.8. The maximum atomic E-state index is 12.9. The Morgan fingerprint density at radius 1 is 1.33 bits per heavy atom. The molecular weight excluding hydrogens is 323 g/mol. The van der Waals surface area contributed by atoms with Crippen molar-refractivity contribution in [3.05, 3.63) is 59.2 Å². The monoisotopic (exact) mass is 335 g/mol. The van der Waals surface area contributed by atoms with E-state index in [-0.39, 0.29) is 11.3 Å². The molecule has 1 N–H and O–H groups in total. The molecule has 0 bridgehead atoms. The third kappa shape index (κ3) is 2.60. The highest BCUT2D eigenvalue weighted by atomic mass is 19.4. The van der Waals surface area contributed by atoms with Gasteiger partial charge in [-0.05, 0) is 30.7 Å². The molecule has 0 saturated heterocycles. The Morgan fingerprint density at radius 2 is 2.08 bits per heavy atom. The van der Waals surface area contributed by atoms with E-state index in [9.17, 15) is 23.1 Å². The molecule has 0 unspecified atom stereocenters. The highest BCUT2D eigenvalue weighted by molar-refractivity contribution is 6.09. The molecule has 124 valence electrons. The predicted octanol–water partition coefficient (Wildman–Crippen LogP) is 3.25. The summed E-state index contributed by atoms with van der Waals surface area (Å²) in [5.74, 6) is -1.24. The van der Waals surface area contributed by atoms with E-state index in [4.69, 9.17) is 0 Å². The van der Waals surface area contributed by atoms with Crippen LogP contribution in [0.15, 0.2) is 36.7 Å². The number of halogens is 3. The van der Waals surface area contributed by atoms with Crippen molar-refractivity contribution < 1.29 is 23.1 Å². The number of hydrogen-bond donors (Lipinski definition) is 1. The molecule has 2 aromatic heterocycles. The fourth-order valence-electron chi connectivity index (χ4n) is 2.46. The molecule has 0 amide bonds. The molecule has 5 nitrogen and oxygen atoms in total. The summed E-state index contributed by atoms with van der Waals surface area (Å²) in [6.45, 7) is 1.79. The van der Waals surface area contributed by atoms with Crippen LogP contribution in [-0.2, 0) is 12.6 Å². The van der Waals surface area contributed by atoms with Crippen LogP contribution in [-0.4, -0.2) is 25.3 Å². The van der Waals surface area contributed by atoms with Crippen molar-refractivity contribution in [1.29, 1.82) is 0 Å². The van der Waals surface area contributed by atoms with Gasteiger partial charge in [-0.15, -0.1) is 0 Å². The number of nitrogens with zero attached hydrogens (tertiary/aromatic N) is 3. The fourth-order valence-corrected chi connectivity index (χ4v) is 2.46. The molecule has 0 atom stereocenters. The zero-order valence-corrected chi connectivity index (χ0v) is 12.5. The van der Waals surface area contributed by atoms with Gasteiger partial charge in [-0.25, -0.2) is 9.97 Å². The first-order valence-electron chi connectivity index (χ1n) is 7.09. The van der Waals surface area contributed by atoms with Crippen LogP contribution in [0, 0.1) is 0 Å². The number of phenolic OH excluding ortho intramolecular Hbond substituents is 1. The summed E-state index contributed by atoms with van der Waals surface area (Å²) in [6, 6.07) is 4.26. The summed E-state index contributed by atoms with van der Waals surface area (Å²) in [4.78, 5) is 21.0. The minimum atomic E-state index is -4.75. The molecule has 1 aromatic carbocycles. The van der Waals surface area contributed by atoms with Crippen molar-refractivity contribution in [3.8, 4) is 5.75 Å². The molecule has 3 aromatic rings. The van der Waals surface area contributed by atoms with Gasteiger partial charge in [0.05, 0.1) is 11.3 Å². The number of hydrogen-bond acceptors (Lipinski definition) is 4. The van der Waals surface area contributed by atoms with E-state index in [0.717, 1.165) is 12.1 Å². The molecular formula is C16H12F3N3O2. The van der Waals surface area contributed by atoms with Gasteiger partial charge in [0.1, 0.15) is 11.4 Å². The van der Waals surface area contributed by atoms with Crippen LogP contribution in [0.2, 0.25) is 0 Å². The van der Waals surface area contributed by atoms with Gasteiger partial charge in [-0.1, -0.05) is 6.92 Å². The summed E-state index contributed by atoms with van der Waals surface area (Å²) in [5, 5.41) is 9.40. The smallest absolute Gasteiger partial charge is 0.419 e. The Balaban J connectivity index is 2.17. The van der Waals surface area contributed by atoms with Crippen LogP contribution in [0.5, 0.6) is 5.75 Å². The molecule has 0 aliphatic rings. The fraction of sp³-hybridized carbons (Fsp3) is 0.188. The lowest BCUT2D eigenvalue weighted by Gasteiger charge is -2.10. The van der Waals surface area contributed by atoms with Crippen LogP contribution >= 0.6 is 0 Å². The van der Waals surface area contributed by atoms with Crippen molar-refractivity contribution in [2.45, 2.75) is 19.5 Å². The second-order valence-corrected chi connectivity index (χ2v) is 5.11. The first-order chi connectivity index (χ1) is 11.3. The van der Waals surface area contributed by atoms with Crippen LogP contribution in [0.4, 0.5) is 13.2 Å². The first kappa shape index (κ1) is 16.0. The molecule has 2 heterocycles. The number of aryl methyl sites for hydroxylation is 1. The summed E-state index contributed by atoms with van der Waals surface area (Å²) in [6.07, 6.45) is -1.24. The van der Waals surface area contributed by atoms with E-state index < -0.39 is 23.3 Å². The van der Waals surface area contributed by atoms with E-state index >= 15 is 0 Å². The number of rotatable bonds is 3. The molecule has 0 radical (unpaired) electrons. The summed E-state index contributed by atoms with van der Waals surface area (Å²) in [5.41, 5.74) is -0.821. The zero-order valence-electron chi connectivity index (χ0n) is 12.5. The third-order valence-corrected chi connectivity index (χ3v) is 3.59. The number of carbonyl (C=O) groups is 1. The average Bonchev–Trinajstić information content (AvgIpc) is 2.92. The lowest BCUT2D eigenvalue weighted by atomic mass is 10.0. The maximum absolute atomic E-state index is 12.9. The van der Waals surface area contributed by atoms with E-state index in [0.29, 0.717) is 24.0 Å². The van der Waals surface area contributed by atoms with Crippen molar-refractivity contribution >= 4 is 11.6 Å². The Hall–Kier alpha value is -2.90. The molecule has 0 aliphatic carbocycles. The minimum Gasteiger partial charge on any atom is -0.507 e. The summed E-state index contributed by atoms with van der Waals surface area (Å²) in [7, 11) is 0. The van der Waals surface area contributed by atoms with E-state index in [1.54, 1.807) is 19.2 Å². The Labute approximate surface area is 134 Å². The standard InChI is InChI=1S/C16H12F3N3O2/c1-2-11-13(22-7-3-6-20-15(22)21-11)14(24)9-4-5-12(23)10(8-9)16(17,18)19/h3-8,23H,2H2,1H3. The lowest BCUT2D eigenvalue weighted by Crippen LogP contribution is -2.11. The van der Waals surface area contributed by atoms with Gasteiger partial charge in [-0.3, -0.25) is 9.20 Å². The molecule has 8 heteroatoms. The number of fused-ring (bicyclic) bond motifs is 1. The number of carbonyl (C=O) groups excluding carboxylic acids is 1. The summed E-state index contributed by atoms with van der Waals surface area (Å²) >= 11 is 0. The van der Waals surface area contributed by atoms with Crippen LogP contribution in [0.1, 0.15) is 34.2 Å². The van der Waals surface area contributed by atoms with Crippen molar-refractivity contribution in [1.82, 2.24) is 14.4 Å². The maximum Gasteiger partial charge on any atom is 0.419 e. The number of ketones is 1. The molecule has 0 fully saturated rings. The van der Waals surface area contributed by atoms with E-state index in [2.05, 4.69) is 9.97 Å². The largest absolute Gasteiger partial charge is 0.507 e. The Morgan fingerprint density at radius 3 is 2.75 bits per heavy atom. The van der Waals surface area contributed by atoms with Crippen LogP contribution in [0.25, 0.3) is 5.78 Å². The minimum absolute atomic E-state index is 0.166. The number of alkyl halides is 3. The molecule has 3 rings (SSSR count). The van der Waals surface area contributed by atoms with Crippen LogP contribution in [0.3, 0.4) is 0 Å². The SMILES string of the molecule is CCc1nc2ncccn2c1C(=O)c1ccc(O)c(C(F)(F)F)c1. The highest BCUT2D eigenvalue weighted by Gasteiger charge is 2.35. The third-order valence-electron chi connectivity index (χ3n) is 3.59. The van der Waals surface area contributed by atoms with Crippen molar-refractivity contribution in [2.75, 3.05) is 0 Å². The lowest BCUT2D eigenvalue weighted by molar-refractivity contribution is -0.138. The number of aromatic nitrogens is 3. The summed E-state index contributed by atoms with van der Waals surface area (Å²) < 4.78 is 40.2. The van der Waals surface area contributed by atoms with Crippen molar-refractivity contribution in [2.24, 2.45) is 0 Å². The van der Waals surface area contributed by atoms with E-state index in [1.807, 2.05) is 0 Å². The Bertz CT molecular complexity index is 932. The zero-order chi connectivity index (χ0) is 17.5. The molecule has 0 aliphatic heterocycles. The topological polar surface area (TPSA) is 67.5 Å². The quantitative estimate of drug-likeness (QED) is 0.746. The average molecular weight is 335 g/mol. The second-order valence-electron chi connectivity index (χ2n) is 5.11. The second kappa shape index (κ2) is 5.63. The van der Waals surface area contributed by atoms with Gasteiger partial charge >= 0.3 is 6.18 Å². The van der Waals surface area contributed by atoms with Crippen LogP contribution < -0.4 is 0 Å². The number of imidazole rings is 1. The van der Waals surface area contributed by atoms with Gasteiger partial charge in [0.15, 0.2) is 0 Å². The van der Waals surface area contributed by atoms with Gasteiger partial charge < -0.3 is 5.11 Å². The van der Waals surface area contributed by atoms with Gasteiger partial charge in [0.25, 0.3) is 0 Å². The van der Waals surface area contributed by atoms with Gasteiger partial charge in [0, 0.05) is 18.0 Å². The number of benzene rings is 1. The molecule has 0 saturated carbocycles. The van der Waals surface area contributed by atoms with E-state index in [1.165, 1.54) is 10.6 Å². The van der Waals surface area contributed by atoms with Gasteiger partial charge in [0.2, 0.25) is 11.6 Å². The number of aromatic hydroxyl groups is 1. The predicted molar refractivity (Wildman–Crippen MR) is 78.9 cm³/mol. The number of phenols is 1. The highest BCUT2D eigenvalue weighted by Crippen LogP contribution is 2.36. The Kier molecular flexibility index (Phi) is 3.75. The van der Waals surface area contributed by atoms with Gasteiger partial charge in [-0.2, -0.15) is 13.2 Å². The first-order valence-corrected chi connectivity index (χ1v) is 7.09. The molecule has 24 heavy (non-hydrogen) atoms. The van der Waals surface area contributed by atoms with Crippen molar-refractivity contribution in [3.63, 3.8) is 0 Å². The molecule has 0 spiro atoms.